The number of fused-ring (bicyclic) bond motifs is 1. The van der Waals surface area contributed by atoms with Crippen molar-refractivity contribution in [1.29, 1.82) is 0 Å². The minimum atomic E-state index is -4.41. The smallest absolute Gasteiger partial charge is 0.338 e. The summed E-state index contributed by atoms with van der Waals surface area (Å²) in [5.41, 5.74) is 3.53. The normalized spacial score (nSPS) is 13.3. The predicted octanol–water partition coefficient (Wildman–Crippen LogP) is 6.70. The van der Waals surface area contributed by atoms with Crippen LogP contribution in [0.2, 0.25) is 0 Å². The summed E-state index contributed by atoms with van der Waals surface area (Å²) in [6.07, 6.45) is -1.25. The monoisotopic (exact) mass is 480 g/mol. The number of carbonyl (C=O) groups excluding carboxylic acids is 2. The largest absolute Gasteiger partial charge is 0.416 e. The van der Waals surface area contributed by atoms with E-state index < -0.39 is 11.7 Å². The molecule has 1 heterocycles. The maximum absolute atomic E-state index is 13.1. The molecule has 4 nitrogen and oxygen atoms in total. The lowest BCUT2D eigenvalue weighted by Gasteiger charge is -2.29. The first kappa shape index (κ1) is 24.5. The zero-order chi connectivity index (χ0) is 25.0. The summed E-state index contributed by atoms with van der Waals surface area (Å²) in [7, 11) is 0. The van der Waals surface area contributed by atoms with E-state index in [9.17, 15) is 22.8 Å². The Morgan fingerprint density at radius 2 is 1.71 bits per heavy atom. The molecule has 0 saturated heterocycles. The van der Waals surface area contributed by atoms with Gasteiger partial charge in [0, 0.05) is 30.8 Å². The van der Waals surface area contributed by atoms with Gasteiger partial charge in [0.25, 0.3) is 5.91 Å². The van der Waals surface area contributed by atoms with Gasteiger partial charge in [-0.15, -0.1) is 0 Å². The van der Waals surface area contributed by atoms with Gasteiger partial charge in [-0.1, -0.05) is 49.7 Å². The van der Waals surface area contributed by atoms with E-state index in [0.29, 0.717) is 41.9 Å². The Morgan fingerprint density at radius 1 is 0.971 bits per heavy atom. The van der Waals surface area contributed by atoms with Crippen LogP contribution in [-0.4, -0.2) is 23.3 Å². The van der Waals surface area contributed by atoms with Crippen molar-refractivity contribution < 1.29 is 22.8 Å². The number of rotatable bonds is 6. The molecule has 0 unspecified atom stereocenters. The summed E-state index contributed by atoms with van der Waals surface area (Å²) < 4.78 is 38.8. The average Bonchev–Trinajstić information content (AvgIpc) is 2.86. The first-order valence-electron chi connectivity index (χ1n) is 11.7. The summed E-state index contributed by atoms with van der Waals surface area (Å²) in [4.78, 5) is 27.4. The number of hydrogen-bond acceptors (Lipinski definition) is 2. The molecule has 0 spiro atoms. The highest BCUT2D eigenvalue weighted by Crippen LogP contribution is 2.32. The van der Waals surface area contributed by atoms with Crippen LogP contribution in [0.1, 0.15) is 53.2 Å². The van der Waals surface area contributed by atoms with Gasteiger partial charge in [0.1, 0.15) is 0 Å². The molecule has 0 aromatic heterocycles. The topological polar surface area (TPSA) is 49.4 Å². The lowest BCUT2D eigenvalue weighted by molar-refractivity contribution is -0.137. The van der Waals surface area contributed by atoms with E-state index in [0.717, 1.165) is 42.5 Å². The summed E-state index contributed by atoms with van der Waals surface area (Å²) >= 11 is 0. The third kappa shape index (κ3) is 5.73. The summed E-state index contributed by atoms with van der Waals surface area (Å²) in [6.45, 7) is 3.29. The van der Waals surface area contributed by atoms with E-state index in [1.165, 1.54) is 12.1 Å². The van der Waals surface area contributed by atoms with Crippen LogP contribution in [0, 0.1) is 0 Å². The lowest BCUT2D eigenvalue weighted by Crippen LogP contribution is -2.35. The molecular weight excluding hydrogens is 453 g/mol. The number of carbonyl (C=O) groups is 2. The molecule has 0 radical (unpaired) electrons. The van der Waals surface area contributed by atoms with Crippen molar-refractivity contribution in [3.8, 4) is 11.1 Å². The molecule has 1 N–H and O–H groups in total. The van der Waals surface area contributed by atoms with E-state index in [1.807, 2.05) is 23.1 Å². The van der Waals surface area contributed by atoms with Crippen molar-refractivity contribution in [2.24, 2.45) is 0 Å². The number of alkyl halides is 3. The van der Waals surface area contributed by atoms with Gasteiger partial charge in [-0.3, -0.25) is 9.59 Å². The van der Waals surface area contributed by atoms with E-state index in [-0.39, 0.29) is 11.8 Å². The van der Waals surface area contributed by atoms with E-state index in [2.05, 4.69) is 12.2 Å². The van der Waals surface area contributed by atoms with Crippen LogP contribution in [0.25, 0.3) is 11.1 Å². The fourth-order valence-corrected chi connectivity index (χ4v) is 4.30. The maximum Gasteiger partial charge on any atom is 0.416 e. The molecule has 0 atom stereocenters. The van der Waals surface area contributed by atoms with Crippen molar-refractivity contribution in [2.75, 3.05) is 11.9 Å². The van der Waals surface area contributed by atoms with Crippen LogP contribution in [0.15, 0.2) is 66.7 Å². The Hall–Kier alpha value is -3.61. The number of nitrogens with zero attached hydrogens (tertiary/aromatic N) is 1. The van der Waals surface area contributed by atoms with Crippen molar-refractivity contribution in [2.45, 2.75) is 45.3 Å². The minimum absolute atomic E-state index is 0.176. The Kier molecular flexibility index (Phi) is 7.24. The maximum atomic E-state index is 13.1. The number of amides is 2. The molecule has 4 rings (SSSR count). The second kappa shape index (κ2) is 10.3. The molecule has 1 aliphatic heterocycles. The second-order valence-electron chi connectivity index (χ2n) is 8.73. The average molecular weight is 481 g/mol. The van der Waals surface area contributed by atoms with Gasteiger partial charge in [0.2, 0.25) is 5.91 Å². The molecule has 35 heavy (non-hydrogen) atoms. The zero-order valence-electron chi connectivity index (χ0n) is 19.5. The molecular formula is C28H27F3N2O2. The first-order valence-corrected chi connectivity index (χ1v) is 11.7. The molecule has 0 bridgehead atoms. The Balaban J connectivity index is 1.49. The molecule has 0 saturated carbocycles. The highest BCUT2D eigenvalue weighted by Gasteiger charge is 2.30. The SMILES string of the molecule is CCCCC(=O)N1CCc2cc(NC(=O)c3ccccc3-c3ccc(C(F)(F)F)cc3)ccc2C1. The molecule has 3 aromatic rings. The molecule has 0 fully saturated rings. The standard InChI is InChI=1S/C28H27F3N2O2/c1-2-3-8-26(34)33-16-15-20-17-23(14-11-21(20)18-33)32-27(35)25-7-5-4-6-24(25)19-9-12-22(13-10-19)28(29,30)31/h4-7,9-14,17H,2-3,8,15-16,18H2,1H3,(H,32,35). The number of benzene rings is 3. The third-order valence-electron chi connectivity index (χ3n) is 6.27. The van der Waals surface area contributed by atoms with Crippen molar-refractivity contribution in [3.05, 3.63) is 89.0 Å². The number of anilines is 1. The summed E-state index contributed by atoms with van der Waals surface area (Å²) in [5, 5.41) is 2.92. The Morgan fingerprint density at radius 3 is 2.43 bits per heavy atom. The number of unbranched alkanes of at least 4 members (excludes halogenated alkanes) is 1. The van der Waals surface area contributed by atoms with Crippen LogP contribution >= 0.6 is 0 Å². The zero-order valence-corrected chi connectivity index (χ0v) is 19.5. The summed E-state index contributed by atoms with van der Waals surface area (Å²) in [5.74, 6) is -0.164. The van der Waals surface area contributed by atoms with Crippen molar-refractivity contribution in [3.63, 3.8) is 0 Å². The summed E-state index contributed by atoms with van der Waals surface area (Å²) in [6, 6.07) is 17.3. The van der Waals surface area contributed by atoms with Gasteiger partial charge in [0.05, 0.1) is 5.56 Å². The van der Waals surface area contributed by atoms with Crippen LogP contribution in [0.4, 0.5) is 18.9 Å². The van der Waals surface area contributed by atoms with Gasteiger partial charge in [-0.05, 0) is 65.4 Å². The molecule has 0 aliphatic carbocycles. The minimum Gasteiger partial charge on any atom is -0.338 e. The van der Waals surface area contributed by atoms with Gasteiger partial charge < -0.3 is 10.2 Å². The molecule has 1 aliphatic rings. The second-order valence-corrected chi connectivity index (χ2v) is 8.73. The molecule has 182 valence electrons. The van der Waals surface area contributed by atoms with Crippen molar-refractivity contribution in [1.82, 2.24) is 4.90 Å². The van der Waals surface area contributed by atoms with Gasteiger partial charge in [-0.25, -0.2) is 0 Å². The van der Waals surface area contributed by atoms with Gasteiger partial charge in [0.15, 0.2) is 0 Å². The van der Waals surface area contributed by atoms with Gasteiger partial charge in [-0.2, -0.15) is 13.2 Å². The van der Waals surface area contributed by atoms with Crippen LogP contribution < -0.4 is 5.32 Å². The Labute approximate surface area is 202 Å². The highest BCUT2D eigenvalue weighted by atomic mass is 19.4. The molecule has 3 aromatic carbocycles. The quantitative estimate of drug-likeness (QED) is 0.427. The van der Waals surface area contributed by atoms with Crippen LogP contribution in [-0.2, 0) is 23.9 Å². The predicted molar refractivity (Wildman–Crippen MR) is 130 cm³/mol. The number of halogens is 3. The van der Waals surface area contributed by atoms with Crippen LogP contribution in [0.5, 0.6) is 0 Å². The van der Waals surface area contributed by atoms with E-state index in [4.69, 9.17) is 0 Å². The number of hydrogen-bond donors (Lipinski definition) is 1. The third-order valence-corrected chi connectivity index (χ3v) is 6.27. The van der Waals surface area contributed by atoms with Crippen molar-refractivity contribution >= 4 is 17.5 Å². The first-order chi connectivity index (χ1) is 16.8. The van der Waals surface area contributed by atoms with E-state index >= 15 is 0 Å². The Bertz CT molecular complexity index is 1220. The molecule has 2 amide bonds. The lowest BCUT2D eigenvalue weighted by atomic mass is 9.97. The molecule has 7 heteroatoms. The van der Waals surface area contributed by atoms with Gasteiger partial charge >= 0.3 is 6.18 Å². The number of nitrogens with one attached hydrogen (secondary N) is 1. The fourth-order valence-electron chi connectivity index (χ4n) is 4.30. The van der Waals surface area contributed by atoms with Crippen LogP contribution in [0.3, 0.4) is 0 Å². The highest BCUT2D eigenvalue weighted by molar-refractivity contribution is 6.08. The fraction of sp³-hybridized carbons (Fsp3) is 0.286. The van der Waals surface area contributed by atoms with E-state index in [1.54, 1.807) is 24.3 Å².